The molecule has 1 saturated heterocycles. The van der Waals surface area contributed by atoms with Crippen LogP contribution in [0.2, 0.25) is 0 Å². The van der Waals surface area contributed by atoms with Crippen LogP contribution in [0.4, 0.5) is 0 Å². The van der Waals surface area contributed by atoms with Crippen molar-refractivity contribution in [1.82, 2.24) is 19.9 Å². The van der Waals surface area contributed by atoms with E-state index in [0.717, 1.165) is 36.5 Å². The lowest BCUT2D eigenvalue weighted by Crippen LogP contribution is -2.32. The Morgan fingerprint density at radius 1 is 1.09 bits per heavy atom. The van der Waals surface area contributed by atoms with Crippen molar-refractivity contribution in [1.29, 1.82) is 0 Å². The third-order valence-electron chi connectivity index (χ3n) is 4.52. The minimum absolute atomic E-state index is 0.541. The van der Waals surface area contributed by atoms with E-state index in [-0.39, 0.29) is 0 Å². The van der Waals surface area contributed by atoms with E-state index in [0.29, 0.717) is 5.92 Å². The van der Waals surface area contributed by atoms with Crippen LogP contribution in [0.15, 0.2) is 48.8 Å². The summed E-state index contributed by atoms with van der Waals surface area (Å²) in [5.74, 6) is 1.67. The lowest BCUT2D eigenvalue weighted by atomic mass is 9.96. The van der Waals surface area contributed by atoms with E-state index in [1.807, 2.05) is 12.3 Å². The van der Waals surface area contributed by atoms with Crippen molar-refractivity contribution in [3.8, 4) is 0 Å². The van der Waals surface area contributed by atoms with Crippen LogP contribution in [0.5, 0.6) is 0 Å². The number of hydrogen-bond donors (Lipinski definition) is 1. The first-order valence-electron chi connectivity index (χ1n) is 7.94. The van der Waals surface area contributed by atoms with Gasteiger partial charge in [-0.05, 0) is 37.6 Å². The van der Waals surface area contributed by atoms with E-state index in [2.05, 4.69) is 45.2 Å². The van der Waals surface area contributed by atoms with Crippen LogP contribution in [-0.2, 0) is 6.54 Å². The highest BCUT2D eigenvalue weighted by molar-refractivity contribution is 5.73. The maximum atomic E-state index is 4.73. The molecule has 0 unspecified atom stereocenters. The van der Waals surface area contributed by atoms with E-state index < -0.39 is 0 Å². The van der Waals surface area contributed by atoms with Crippen molar-refractivity contribution in [2.45, 2.75) is 25.3 Å². The van der Waals surface area contributed by atoms with Gasteiger partial charge < -0.3 is 4.98 Å². The van der Waals surface area contributed by atoms with Gasteiger partial charge in [0.25, 0.3) is 0 Å². The first kappa shape index (κ1) is 13.5. The molecule has 1 aromatic carbocycles. The molecule has 4 nitrogen and oxygen atoms in total. The average molecular weight is 292 g/mol. The van der Waals surface area contributed by atoms with E-state index in [1.165, 1.54) is 18.4 Å². The zero-order valence-corrected chi connectivity index (χ0v) is 12.6. The van der Waals surface area contributed by atoms with Gasteiger partial charge in [0.2, 0.25) is 0 Å². The zero-order valence-electron chi connectivity index (χ0n) is 12.6. The molecule has 22 heavy (non-hydrogen) atoms. The topological polar surface area (TPSA) is 44.8 Å². The highest BCUT2D eigenvalue weighted by atomic mass is 15.1. The molecule has 1 aliphatic heterocycles. The number of fused-ring (bicyclic) bond motifs is 1. The number of benzene rings is 1. The number of H-pyrrole nitrogens is 1. The SMILES string of the molecule is c1ccc(CN2CCC(c3nc4ccncc4[nH]3)CC2)cc1. The van der Waals surface area contributed by atoms with Gasteiger partial charge in [-0.3, -0.25) is 9.88 Å². The number of pyridine rings is 1. The second-order valence-corrected chi connectivity index (χ2v) is 6.05. The normalized spacial score (nSPS) is 17.1. The molecule has 0 radical (unpaired) electrons. The van der Waals surface area contributed by atoms with Gasteiger partial charge >= 0.3 is 0 Å². The monoisotopic (exact) mass is 292 g/mol. The fourth-order valence-corrected chi connectivity index (χ4v) is 3.28. The van der Waals surface area contributed by atoms with Gasteiger partial charge in [-0.25, -0.2) is 4.98 Å². The summed E-state index contributed by atoms with van der Waals surface area (Å²) >= 11 is 0. The van der Waals surface area contributed by atoms with Crippen molar-refractivity contribution in [2.75, 3.05) is 13.1 Å². The Morgan fingerprint density at radius 2 is 1.91 bits per heavy atom. The fourth-order valence-electron chi connectivity index (χ4n) is 3.28. The molecule has 4 rings (SSSR count). The summed E-state index contributed by atoms with van der Waals surface area (Å²) in [6.07, 6.45) is 5.99. The number of rotatable bonds is 3. The second kappa shape index (κ2) is 5.89. The van der Waals surface area contributed by atoms with Crippen LogP contribution >= 0.6 is 0 Å². The smallest absolute Gasteiger partial charge is 0.110 e. The molecule has 0 spiro atoms. The molecule has 3 aromatic rings. The van der Waals surface area contributed by atoms with Crippen LogP contribution in [-0.4, -0.2) is 32.9 Å². The standard InChI is InChI=1S/C18H20N4/c1-2-4-14(5-3-1)13-22-10-7-15(8-11-22)18-20-16-6-9-19-12-17(16)21-18/h1-6,9,12,15H,7-8,10-11,13H2,(H,20,21). The first-order valence-corrected chi connectivity index (χ1v) is 7.94. The van der Waals surface area contributed by atoms with Crippen molar-refractivity contribution < 1.29 is 0 Å². The molecule has 3 heterocycles. The number of nitrogens with zero attached hydrogens (tertiary/aromatic N) is 3. The third-order valence-corrected chi connectivity index (χ3v) is 4.52. The van der Waals surface area contributed by atoms with Gasteiger partial charge in [-0.1, -0.05) is 30.3 Å². The summed E-state index contributed by atoms with van der Waals surface area (Å²) in [6.45, 7) is 3.32. The molecule has 0 saturated carbocycles. The highest BCUT2D eigenvalue weighted by Crippen LogP contribution is 2.28. The minimum atomic E-state index is 0.541. The van der Waals surface area contributed by atoms with Gasteiger partial charge in [0.05, 0.1) is 17.2 Å². The third kappa shape index (κ3) is 2.74. The van der Waals surface area contributed by atoms with E-state index in [1.54, 1.807) is 6.20 Å². The molecule has 1 aliphatic rings. The number of aromatic amines is 1. The Morgan fingerprint density at radius 3 is 2.68 bits per heavy atom. The van der Waals surface area contributed by atoms with Gasteiger partial charge in [-0.15, -0.1) is 0 Å². The predicted molar refractivity (Wildman–Crippen MR) is 87.6 cm³/mol. The Balaban J connectivity index is 1.41. The Bertz CT molecular complexity index is 709. The lowest BCUT2D eigenvalue weighted by Gasteiger charge is -2.31. The Labute approximate surface area is 130 Å². The number of imidazole rings is 1. The zero-order chi connectivity index (χ0) is 14.8. The number of aromatic nitrogens is 3. The Kier molecular flexibility index (Phi) is 3.60. The molecule has 0 aliphatic carbocycles. The van der Waals surface area contributed by atoms with Crippen LogP contribution in [0.25, 0.3) is 11.0 Å². The number of piperidine rings is 1. The number of nitrogens with one attached hydrogen (secondary N) is 1. The van der Waals surface area contributed by atoms with E-state index in [4.69, 9.17) is 4.98 Å². The molecule has 4 heteroatoms. The maximum Gasteiger partial charge on any atom is 0.110 e. The molecule has 112 valence electrons. The molecule has 1 fully saturated rings. The summed E-state index contributed by atoms with van der Waals surface area (Å²) in [7, 11) is 0. The van der Waals surface area contributed by atoms with Crippen molar-refractivity contribution >= 4 is 11.0 Å². The molecule has 0 atom stereocenters. The quantitative estimate of drug-likeness (QED) is 0.805. The highest BCUT2D eigenvalue weighted by Gasteiger charge is 2.23. The minimum Gasteiger partial charge on any atom is -0.340 e. The number of hydrogen-bond acceptors (Lipinski definition) is 3. The molecule has 2 aromatic heterocycles. The molecule has 0 bridgehead atoms. The van der Waals surface area contributed by atoms with Gasteiger partial charge in [0.1, 0.15) is 5.82 Å². The maximum absolute atomic E-state index is 4.73. The van der Waals surface area contributed by atoms with Gasteiger partial charge in [0, 0.05) is 18.7 Å². The fraction of sp³-hybridized carbons (Fsp3) is 0.333. The largest absolute Gasteiger partial charge is 0.340 e. The molecular weight excluding hydrogens is 272 g/mol. The van der Waals surface area contributed by atoms with Gasteiger partial charge in [-0.2, -0.15) is 0 Å². The predicted octanol–water partition coefficient (Wildman–Crippen LogP) is 3.34. The summed E-state index contributed by atoms with van der Waals surface area (Å²) in [5, 5.41) is 0. The lowest BCUT2D eigenvalue weighted by molar-refractivity contribution is 0.202. The van der Waals surface area contributed by atoms with E-state index >= 15 is 0 Å². The van der Waals surface area contributed by atoms with Crippen molar-refractivity contribution in [2.24, 2.45) is 0 Å². The van der Waals surface area contributed by atoms with Crippen LogP contribution in [0.1, 0.15) is 30.1 Å². The number of likely N-dealkylation sites (tertiary alicyclic amines) is 1. The van der Waals surface area contributed by atoms with Crippen LogP contribution < -0.4 is 0 Å². The van der Waals surface area contributed by atoms with Crippen LogP contribution in [0.3, 0.4) is 0 Å². The molecular formula is C18H20N4. The van der Waals surface area contributed by atoms with E-state index in [9.17, 15) is 0 Å². The Hall–Kier alpha value is -2.20. The van der Waals surface area contributed by atoms with Crippen molar-refractivity contribution in [3.05, 3.63) is 60.2 Å². The van der Waals surface area contributed by atoms with Crippen molar-refractivity contribution in [3.63, 3.8) is 0 Å². The molecule has 1 N–H and O–H groups in total. The first-order chi connectivity index (χ1) is 10.9. The summed E-state index contributed by atoms with van der Waals surface area (Å²) in [4.78, 5) is 14.9. The summed E-state index contributed by atoms with van der Waals surface area (Å²) in [5.41, 5.74) is 3.47. The average Bonchev–Trinajstić information content (AvgIpc) is 3.00. The molecule has 0 amide bonds. The summed E-state index contributed by atoms with van der Waals surface area (Å²) < 4.78 is 0. The summed E-state index contributed by atoms with van der Waals surface area (Å²) in [6, 6.07) is 12.7. The van der Waals surface area contributed by atoms with Gasteiger partial charge in [0.15, 0.2) is 0 Å². The van der Waals surface area contributed by atoms with Crippen LogP contribution in [0, 0.1) is 0 Å². The second-order valence-electron chi connectivity index (χ2n) is 6.05.